The fourth-order valence-electron chi connectivity index (χ4n) is 4.56. The molecular formula is C18H29N5O2. The average molecular weight is 347 g/mol. The SMILES string of the molecule is Cn1ccnc1C1CNCCN1CC(=O)N1CCOC2CCCCC21. The summed E-state index contributed by atoms with van der Waals surface area (Å²) in [5, 5.41) is 3.44. The van der Waals surface area contributed by atoms with E-state index in [1.54, 1.807) is 0 Å². The fraction of sp³-hybridized carbons (Fsp3) is 0.778. The molecule has 3 heterocycles. The molecule has 4 rings (SSSR count). The third-order valence-electron chi connectivity index (χ3n) is 5.90. The van der Waals surface area contributed by atoms with Gasteiger partial charge in [0.15, 0.2) is 0 Å². The van der Waals surface area contributed by atoms with Gasteiger partial charge in [0.1, 0.15) is 5.82 Å². The van der Waals surface area contributed by atoms with Crippen molar-refractivity contribution >= 4 is 5.91 Å². The molecule has 3 fully saturated rings. The quantitative estimate of drug-likeness (QED) is 0.865. The number of fused-ring (bicyclic) bond motifs is 1. The lowest BCUT2D eigenvalue weighted by Crippen LogP contribution is -2.58. The largest absolute Gasteiger partial charge is 0.374 e. The molecule has 2 aliphatic heterocycles. The number of imidazole rings is 1. The first-order valence-corrected chi connectivity index (χ1v) is 9.57. The Morgan fingerprint density at radius 3 is 3.08 bits per heavy atom. The van der Waals surface area contributed by atoms with E-state index in [4.69, 9.17) is 4.74 Å². The molecule has 1 saturated carbocycles. The van der Waals surface area contributed by atoms with Crippen LogP contribution in [0.1, 0.15) is 37.5 Å². The first-order chi connectivity index (χ1) is 12.2. The molecule has 7 nitrogen and oxygen atoms in total. The molecule has 3 aliphatic rings. The smallest absolute Gasteiger partial charge is 0.237 e. The molecule has 138 valence electrons. The lowest BCUT2D eigenvalue weighted by molar-refractivity contribution is -0.151. The summed E-state index contributed by atoms with van der Waals surface area (Å²) in [5.74, 6) is 1.28. The average Bonchev–Trinajstić information content (AvgIpc) is 3.07. The number of carbonyl (C=O) groups is 1. The Balaban J connectivity index is 1.46. The van der Waals surface area contributed by atoms with Gasteiger partial charge in [-0.05, 0) is 12.8 Å². The number of piperazine rings is 1. The minimum atomic E-state index is 0.154. The normalized spacial score (nSPS) is 30.9. The van der Waals surface area contributed by atoms with E-state index in [2.05, 4.69) is 24.7 Å². The lowest BCUT2D eigenvalue weighted by Gasteiger charge is -2.45. The van der Waals surface area contributed by atoms with Gasteiger partial charge >= 0.3 is 0 Å². The van der Waals surface area contributed by atoms with E-state index in [0.717, 1.165) is 44.8 Å². The third kappa shape index (κ3) is 3.45. The Labute approximate surface area is 149 Å². The van der Waals surface area contributed by atoms with Crippen molar-refractivity contribution in [1.82, 2.24) is 24.7 Å². The maximum Gasteiger partial charge on any atom is 0.237 e. The zero-order valence-electron chi connectivity index (χ0n) is 15.1. The summed E-state index contributed by atoms with van der Waals surface area (Å²) in [6.45, 7) is 4.53. The lowest BCUT2D eigenvalue weighted by atomic mass is 9.90. The van der Waals surface area contributed by atoms with E-state index < -0.39 is 0 Å². The molecule has 3 unspecified atom stereocenters. The number of nitrogens with one attached hydrogen (secondary N) is 1. The number of morpholine rings is 1. The highest BCUT2D eigenvalue weighted by Gasteiger charge is 2.38. The summed E-state index contributed by atoms with van der Waals surface area (Å²) in [4.78, 5) is 22.0. The molecule has 1 amide bonds. The van der Waals surface area contributed by atoms with Gasteiger partial charge in [-0.2, -0.15) is 0 Å². The molecule has 0 spiro atoms. The van der Waals surface area contributed by atoms with Gasteiger partial charge in [-0.15, -0.1) is 0 Å². The van der Waals surface area contributed by atoms with Gasteiger partial charge in [0, 0.05) is 45.6 Å². The number of hydrogen-bond donors (Lipinski definition) is 1. The second-order valence-corrected chi connectivity index (χ2v) is 7.43. The van der Waals surface area contributed by atoms with Crippen LogP contribution >= 0.6 is 0 Å². The van der Waals surface area contributed by atoms with Crippen molar-refractivity contribution in [3.05, 3.63) is 18.2 Å². The van der Waals surface area contributed by atoms with Crippen molar-refractivity contribution in [1.29, 1.82) is 0 Å². The molecule has 1 aromatic rings. The number of hydrogen-bond acceptors (Lipinski definition) is 5. The molecule has 1 aromatic heterocycles. The van der Waals surface area contributed by atoms with Crippen molar-refractivity contribution < 1.29 is 9.53 Å². The Kier molecular flexibility index (Phi) is 5.05. The van der Waals surface area contributed by atoms with E-state index in [1.807, 2.05) is 19.4 Å². The summed E-state index contributed by atoms with van der Waals surface area (Å²) in [7, 11) is 2.02. The number of rotatable bonds is 3. The minimum absolute atomic E-state index is 0.154. The maximum atomic E-state index is 13.1. The molecule has 0 aromatic carbocycles. The Morgan fingerprint density at radius 2 is 2.24 bits per heavy atom. The molecule has 1 N–H and O–H groups in total. The highest BCUT2D eigenvalue weighted by Crippen LogP contribution is 2.29. The van der Waals surface area contributed by atoms with Gasteiger partial charge in [-0.1, -0.05) is 12.8 Å². The monoisotopic (exact) mass is 347 g/mol. The van der Waals surface area contributed by atoms with E-state index in [9.17, 15) is 4.79 Å². The molecule has 3 atom stereocenters. The van der Waals surface area contributed by atoms with Crippen LogP contribution < -0.4 is 5.32 Å². The van der Waals surface area contributed by atoms with Crippen LogP contribution in [0.15, 0.2) is 12.4 Å². The van der Waals surface area contributed by atoms with Crippen LogP contribution in [-0.4, -0.2) is 76.7 Å². The zero-order chi connectivity index (χ0) is 17.2. The van der Waals surface area contributed by atoms with Crippen molar-refractivity contribution in [2.75, 3.05) is 39.3 Å². The minimum Gasteiger partial charge on any atom is -0.374 e. The molecule has 0 radical (unpaired) electrons. The van der Waals surface area contributed by atoms with Crippen molar-refractivity contribution in [2.24, 2.45) is 7.05 Å². The van der Waals surface area contributed by atoms with Crippen LogP contribution in [0.2, 0.25) is 0 Å². The van der Waals surface area contributed by atoms with Gasteiger partial charge in [-0.3, -0.25) is 9.69 Å². The number of ether oxygens (including phenoxy) is 1. The predicted molar refractivity (Wildman–Crippen MR) is 94.1 cm³/mol. The molecule has 25 heavy (non-hydrogen) atoms. The van der Waals surface area contributed by atoms with E-state index in [-0.39, 0.29) is 24.1 Å². The maximum absolute atomic E-state index is 13.1. The fourth-order valence-corrected chi connectivity index (χ4v) is 4.56. The Morgan fingerprint density at radius 1 is 1.36 bits per heavy atom. The highest BCUT2D eigenvalue weighted by molar-refractivity contribution is 5.79. The van der Waals surface area contributed by atoms with Gasteiger partial charge in [0.2, 0.25) is 5.91 Å². The summed E-state index contributed by atoms with van der Waals surface area (Å²) in [5.41, 5.74) is 0. The van der Waals surface area contributed by atoms with Crippen molar-refractivity contribution in [2.45, 2.75) is 43.9 Å². The van der Waals surface area contributed by atoms with Crippen LogP contribution in [0.25, 0.3) is 0 Å². The van der Waals surface area contributed by atoms with Crippen molar-refractivity contribution in [3.63, 3.8) is 0 Å². The summed E-state index contributed by atoms with van der Waals surface area (Å²) in [6.07, 6.45) is 8.66. The topological polar surface area (TPSA) is 62.6 Å². The molecule has 7 heteroatoms. The molecule has 1 aliphatic carbocycles. The Hall–Kier alpha value is -1.44. The zero-order valence-corrected chi connectivity index (χ0v) is 15.1. The summed E-state index contributed by atoms with van der Waals surface area (Å²) < 4.78 is 7.97. The molecular weight excluding hydrogens is 318 g/mol. The van der Waals surface area contributed by atoms with E-state index in [0.29, 0.717) is 13.2 Å². The van der Waals surface area contributed by atoms with E-state index >= 15 is 0 Å². The predicted octanol–water partition coefficient (Wildman–Crippen LogP) is 0.536. The number of aryl methyl sites for hydroxylation is 1. The van der Waals surface area contributed by atoms with Gasteiger partial charge < -0.3 is 19.5 Å². The van der Waals surface area contributed by atoms with Crippen molar-refractivity contribution in [3.8, 4) is 0 Å². The van der Waals surface area contributed by atoms with Crippen LogP contribution in [0.4, 0.5) is 0 Å². The first kappa shape index (κ1) is 17.0. The molecule has 2 saturated heterocycles. The number of carbonyl (C=O) groups excluding carboxylic acids is 1. The van der Waals surface area contributed by atoms with Gasteiger partial charge in [-0.25, -0.2) is 4.98 Å². The van der Waals surface area contributed by atoms with Crippen LogP contribution in [0.5, 0.6) is 0 Å². The number of aromatic nitrogens is 2. The summed E-state index contributed by atoms with van der Waals surface area (Å²) >= 11 is 0. The van der Waals surface area contributed by atoms with Crippen LogP contribution in [0, 0.1) is 0 Å². The second-order valence-electron chi connectivity index (χ2n) is 7.43. The standard InChI is InChI=1S/C18H29N5O2/c1-21-8-7-20-18(21)15-12-19-6-9-22(15)13-17(24)23-10-11-25-16-5-3-2-4-14(16)23/h7-8,14-16,19H,2-6,9-13H2,1H3. The highest BCUT2D eigenvalue weighted by atomic mass is 16.5. The second kappa shape index (κ2) is 7.43. The molecule has 0 bridgehead atoms. The van der Waals surface area contributed by atoms with Crippen LogP contribution in [0.3, 0.4) is 0 Å². The van der Waals surface area contributed by atoms with Crippen LogP contribution in [-0.2, 0) is 16.6 Å². The first-order valence-electron chi connectivity index (χ1n) is 9.57. The summed E-state index contributed by atoms with van der Waals surface area (Å²) in [6, 6.07) is 0.436. The number of amides is 1. The third-order valence-corrected chi connectivity index (χ3v) is 5.90. The van der Waals surface area contributed by atoms with Gasteiger partial charge in [0.25, 0.3) is 0 Å². The van der Waals surface area contributed by atoms with Gasteiger partial charge in [0.05, 0.1) is 31.3 Å². The number of nitrogens with zero attached hydrogens (tertiary/aromatic N) is 4. The van der Waals surface area contributed by atoms with E-state index in [1.165, 1.54) is 12.8 Å². The Bertz CT molecular complexity index is 602.